The van der Waals surface area contributed by atoms with Crippen molar-refractivity contribution >= 4 is 29.0 Å². The van der Waals surface area contributed by atoms with Gasteiger partial charge in [0.2, 0.25) is 5.88 Å². The Morgan fingerprint density at radius 1 is 1.43 bits per heavy atom. The number of thiazole rings is 1. The number of rotatable bonds is 5. The minimum atomic E-state index is -1.09. The van der Waals surface area contributed by atoms with Crippen LogP contribution < -0.4 is 15.4 Å². The van der Waals surface area contributed by atoms with E-state index < -0.39 is 12.0 Å². The molecule has 0 bridgehead atoms. The second-order valence-corrected chi connectivity index (χ2v) is 4.77. The van der Waals surface area contributed by atoms with Crippen LogP contribution in [0.3, 0.4) is 0 Å². The number of urea groups is 1. The van der Waals surface area contributed by atoms with Gasteiger partial charge >= 0.3 is 12.0 Å². The van der Waals surface area contributed by atoms with Crippen LogP contribution in [0.1, 0.15) is 15.5 Å². The van der Waals surface area contributed by atoms with Crippen molar-refractivity contribution in [2.75, 3.05) is 12.4 Å². The molecule has 0 saturated carbocycles. The van der Waals surface area contributed by atoms with E-state index in [0.717, 1.165) is 0 Å². The second-order valence-electron chi connectivity index (χ2n) is 3.83. The largest absolute Gasteiger partial charge is 0.481 e. The van der Waals surface area contributed by atoms with Crippen LogP contribution in [0, 0.1) is 0 Å². The van der Waals surface area contributed by atoms with Gasteiger partial charge in [-0.15, -0.1) is 11.3 Å². The predicted molar refractivity (Wildman–Crippen MR) is 75.7 cm³/mol. The van der Waals surface area contributed by atoms with Crippen molar-refractivity contribution in [2.45, 2.75) is 6.54 Å². The molecule has 2 aromatic heterocycles. The van der Waals surface area contributed by atoms with Gasteiger partial charge in [0, 0.05) is 11.4 Å². The summed E-state index contributed by atoms with van der Waals surface area (Å²) >= 11 is 1.17. The van der Waals surface area contributed by atoms with Crippen molar-refractivity contribution in [3.63, 3.8) is 0 Å². The summed E-state index contributed by atoms with van der Waals surface area (Å²) in [5.41, 5.74) is 0.482. The van der Waals surface area contributed by atoms with Crippen LogP contribution in [0.5, 0.6) is 5.88 Å². The normalized spacial score (nSPS) is 9.95. The molecular formula is C12H12N4O4S. The minimum Gasteiger partial charge on any atom is -0.481 e. The van der Waals surface area contributed by atoms with Crippen LogP contribution in [0.25, 0.3) is 0 Å². The first-order valence-electron chi connectivity index (χ1n) is 5.81. The average Bonchev–Trinajstić information content (AvgIpc) is 2.95. The van der Waals surface area contributed by atoms with Crippen LogP contribution >= 0.6 is 11.3 Å². The Hall–Kier alpha value is -2.68. The Kier molecular flexibility index (Phi) is 4.67. The van der Waals surface area contributed by atoms with Crippen molar-refractivity contribution < 1.29 is 19.4 Å². The molecule has 2 aromatic rings. The number of carbonyl (C=O) groups is 2. The molecule has 0 unspecified atom stereocenters. The lowest BCUT2D eigenvalue weighted by Gasteiger charge is -2.06. The number of aromatic carboxylic acids is 1. The fourth-order valence-electron chi connectivity index (χ4n) is 1.40. The maximum atomic E-state index is 11.7. The number of nitrogens with one attached hydrogen (secondary N) is 2. The van der Waals surface area contributed by atoms with E-state index in [1.807, 2.05) is 0 Å². The smallest absolute Gasteiger partial charge is 0.355 e. The Balaban J connectivity index is 1.84. The third kappa shape index (κ3) is 4.14. The fraction of sp³-hybridized carbons (Fsp3) is 0.167. The monoisotopic (exact) mass is 308 g/mol. The highest BCUT2D eigenvalue weighted by Crippen LogP contribution is 2.11. The Morgan fingerprint density at radius 3 is 2.81 bits per heavy atom. The van der Waals surface area contributed by atoms with Crippen molar-refractivity contribution in [3.8, 4) is 5.88 Å². The van der Waals surface area contributed by atoms with Gasteiger partial charge in [0.05, 0.1) is 25.5 Å². The lowest BCUT2D eigenvalue weighted by molar-refractivity contribution is 0.0691. The Morgan fingerprint density at radius 2 is 2.24 bits per heavy atom. The van der Waals surface area contributed by atoms with E-state index in [1.165, 1.54) is 30.0 Å². The first kappa shape index (κ1) is 14.7. The summed E-state index contributed by atoms with van der Waals surface area (Å²) in [5, 5.41) is 15.8. The number of carbonyl (C=O) groups excluding carboxylic acids is 1. The molecule has 2 heterocycles. The topological polar surface area (TPSA) is 113 Å². The highest BCUT2D eigenvalue weighted by atomic mass is 32.1. The molecule has 21 heavy (non-hydrogen) atoms. The zero-order chi connectivity index (χ0) is 15.2. The van der Waals surface area contributed by atoms with Crippen molar-refractivity contribution in [1.29, 1.82) is 0 Å². The highest BCUT2D eigenvalue weighted by Gasteiger charge is 2.09. The van der Waals surface area contributed by atoms with E-state index >= 15 is 0 Å². The van der Waals surface area contributed by atoms with Gasteiger partial charge in [-0.1, -0.05) is 0 Å². The van der Waals surface area contributed by atoms with Gasteiger partial charge in [0.1, 0.15) is 5.01 Å². The molecule has 0 fully saturated rings. The van der Waals surface area contributed by atoms with Gasteiger partial charge in [0.15, 0.2) is 5.69 Å². The number of amides is 2. The molecule has 0 atom stereocenters. The van der Waals surface area contributed by atoms with Crippen molar-refractivity contribution in [2.24, 2.45) is 0 Å². The molecule has 0 radical (unpaired) electrons. The lowest BCUT2D eigenvalue weighted by atomic mass is 10.4. The summed E-state index contributed by atoms with van der Waals surface area (Å²) < 4.78 is 4.91. The minimum absolute atomic E-state index is 0.0310. The molecule has 0 aliphatic heterocycles. The Labute approximate surface area is 123 Å². The third-order valence-electron chi connectivity index (χ3n) is 2.37. The SMILES string of the molecule is COc1ccc(NC(=O)NCc2nc(C(=O)O)cs2)cn1. The molecule has 0 saturated heterocycles. The summed E-state index contributed by atoms with van der Waals surface area (Å²) in [6.45, 7) is 0.146. The van der Waals surface area contributed by atoms with Crippen molar-refractivity contribution in [1.82, 2.24) is 15.3 Å². The third-order valence-corrected chi connectivity index (χ3v) is 3.22. The summed E-state index contributed by atoms with van der Waals surface area (Å²) in [7, 11) is 1.50. The molecule has 110 valence electrons. The number of hydrogen-bond acceptors (Lipinski definition) is 6. The number of anilines is 1. The second kappa shape index (κ2) is 6.66. The van der Waals surface area contributed by atoms with E-state index in [1.54, 1.807) is 12.1 Å². The predicted octanol–water partition coefficient (Wildman–Crippen LogP) is 1.57. The standard InChI is InChI=1S/C12H12N4O4S/c1-20-9-3-2-7(4-13-9)15-12(19)14-5-10-16-8(6-21-10)11(17)18/h2-4,6H,5H2,1H3,(H,17,18)(H2,14,15,19). The van der Waals surface area contributed by atoms with Crippen LogP contribution in [0.15, 0.2) is 23.7 Å². The molecular weight excluding hydrogens is 296 g/mol. The summed E-state index contributed by atoms with van der Waals surface area (Å²) in [5.74, 6) is -0.642. The van der Waals surface area contributed by atoms with Crippen LogP contribution in [-0.4, -0.2) is 34.2 Å². The van der Waals surface area contributed by atoms with Gasteiger partial charge in [-0.2, -0.15) is 0 Å². The summed E-state index contributed by atoms with van der Waals surface area (Å²) in [4.78, 5) is 30.1. The molecule has 9 heteroatoms. The first-order valence-corrected chi connectivity index (χ1v) is 6.69. The molecule has 2 amide bonds. The number of aromatic nitrogens is 2. The molecule has 3 N–H and O–H groups in total. The fourth-order valence-corrected chi connectivity index (χ4v) is 2.10. The van der Waals surface area contributed by atoms with E-state index in [-0.39, 0.29) is 12.2 Å². The molecule has 0 spiro atoms. The van der Waals surface area contributed by atoms with Gasteiger partial charge in [-0.25, -0.2) is 19.6 Å². The number of carboxylic acids is 1. The van der Waals surface area contributed by atoms with E-state index in [9.17, 15) is 9.59 Å². The summed E-state index contributed by atoms with van der Waals surface area (Å²) in [6.07, 6.45) is 1.46. The summed E-state index contributed by atoms with van der Waals surface area (Å²) in [6, 6.07) is 2.83. The molecule has 0 aliphatic carbocycles. The van der Waals surface area contributed by atoms with Crippen LogP contribution in [0.2, 0.25) is 0 Å². The average molecular weight is 308 g/mol. The number of pyridine rings is 1. The van der Waals surface area contributed by atoms with E-state index in [0.29, 0.717) is 16.6 Å². The van der Waals surface area contributed by atoms with E-state index in [2.05, 4.69) is 20.6 Å². The number of ether oxygens (including phenoxy) is 1. The lowest BCUT2D eigenvalue weighted by Crippen LogP contribution is -2.28. The number of hydrogen-bond donors (Lipinski definition) is 3. The van der Waals surface area contributed by atoms with Gasteiger partial charge in [-0.05, 0) is 6.07 Å². The molecule has 0 aliphatic rings. The molecule has 2 rings (SSSR count). The maximum absolute atomic E-state index is 11.7. The number of carboxylic acid groups (broad SMARTS) is 1. The van der Waals surface area contributed by atoms with Crippen LogP contribution in [0.4, 0.5) is 10.5 Å². The first-order chi connectivity index (χ1) is 10.1. The zero-order valence-corrected chi connectivity index (χ0v) is 11.8. The number of methoxy groups -OCH3 is 1. The van der Waals surface area contributed by atoms with Gasteiger partial charge < -0.3 is 20.5 Å². The Bertz CT molecular complexity index is 641. The molecule has 8 nitrogen and oxygen atoms in total. The van der Waals surface area contributed by atoms with Crippen molar-refractivity contribution in [3.05, 3.63) is 34.4 Å². The quantitative estimate of drug-likeness (QED) is 0.772. The zero-order valence-electron chi connectivity index (χ0n) is 11.0. The van der Waals surface area contributed by atoms with Gasteiger partial charge in [-0.3, -0.25) is 0 Å². The number of nitrogens with zero attached hydrogens (tertiary/aromatic N) is 2. The van der Waals surface area contributed by atoms with E-state index in [4.69, 9.17) is 9.84 Å². The highest BCUT2D eigenvalue weighted by molar-refractivity contribution is 7.09. The molecule has 0 aromatic carbocycles. The maximum Gasteiger partial charge on any atom is 0.355 e. The van der Waals surface area contributed by atoms with Gasteiger partial charge in [0.25, 0.3) is 0 Å². The van der Waals surface area contributed by atoms with Crippen LogP contribution in [-0.2, 0) is 6.54 Å².